The van der Waals surface area contributed by atoms with E-state index >= 15 is 0 Å². The van der Waals surface area contributed by atoms with Crippen LogP contribution in [0.1, 0.15) is 33.3 Å². The van der Waals surface area contributed by atoms with E-state index in [-0.39, 0.29) is 6.09 Å². The summed E-state index contributed by atoms with van der Waals surface area (Å²) >= 11 is 0. The van der Waals surface area contributed by atoms with Crippen molar-refractivity contribution in [2.24, 2.45) is 0 Å². The second-order valence-electron chi connectivity index (χ2n) is 6.54. The van der Waals surface area contributed by atoms with Crippen molar-refractivity contribution in [3.63, 3.8) is 0 Å². The van der Waals surface area contributed by atoms with E-state index in [1.54, 1.807) is 4.90 Å². The number of hydrogen-bond donors (Lipinski definition) is 1. The highest BCUT2D eigenvalue weighted by molar-refractivity contribution is 5.69. The van der Waals surface area contributed by atoms with E-state index in [0.717, 1.165) is 12.3 Å². The summed E-state index contributed by atoms with van der Waals surface area (Å²) in [7, 11) is 0. The molecule has 22 heavy (non-hydrogen) atoms. The van der Waals surface area contributed by atoms with Gasteiger partial charge in [0.1, 0.15) is 11.4 Å². The number of hydrogen-bond acceptors (Lipinski definition) is 4. The molecule has 2 rings (SSSR count). The first kappa shape index (κ1) is 16.6. The van der Waals surface area contributed by atoms with E-state index < -0.39 is 5.60 Å². The van der Waals surface area contributed by atoms with E-state index in [2.05, 4.69) is 17.4 Å². The highest BCUT2D eigenvalue weighted by Gasteiger charge is 2.33. The van der Waals surface area contributed by atoms with Crippen molar-refractivity contribution in [3.05, 3.63) is 29.8 Å². The molecule has 122 valence electrons. The van der Waals surface area contributed by atoms with Gasteiger partial charge in [0.2, 0.25) is 0 Å². The van der Waals surface area contributed by atoms with Crippen molar-refractivity contribution < 1.29 is 14.3 Å². The van der Waals surface area contributed by atoms with Crippen LogP contribution in [0.2, 0.25) is 0 Å². The number of amides is 1. The van der Waals surface area contributed by atoms with Crippen LogP contribution in [0.15, 0.2) is 24.3 Å². The Morgan fingerprint density at radius 1 is 1.27 bits per heavy atom. The lowest BCUT2D eigenvalue weighted by atomic mass is 10.1. The van der Waals surface area contributed by atoms with Crippen LogP contribution in [0.25, 0.3) is 0 Å². The van der Waals surface area contributed by atoms with E-state index in [1.807, 2.05) is 39.8 Å². The Hall–Kier alpha value is -1.75. The van der Waals surface area contributed by atoms with Crippen molar-refractivity contribution in [3.8, 4) is 5.75 Å². The maximum atomic E-state index is 11.8. The lowest BCUT2D eigenvalue weighted by Crippen LogP contribution is -2.60. The zero-order valence-corrected chi connectivity index (χ0v) is 13.9. The molecule has 1 aliphatic heterocycles. The van der Waals surface area contributed by atoms with Crippen molar-refractivity contribution in [2.45, 2.75) is 45.9 Å². The number of rotatable bonds is 5. The Kier molecular flexibility index (Phi) is 5.29. The van der Waals surface area contributed by atoms with Crippen LogP contribution in [0.3, 0.4) is 0 Å². The zero-order chi connectivity index (χ0) is 16.2. The maximum absolute atomic E-state index is 11.8. The summed E-state index contributed by atoms with van der Waals surface area (Å²) in [6.07, 6.45) is -0.230. The summed E-state index contributed by atoms with van der Waals surface area (Å²) in [5.41, 5.74) is 0.775. The number of carbonyl (C=O) groups is 1. The molecule has 1 heterocycles. The van der Waals surface area contributed by atoms with Crippen LogP contribution < -0.4 is 10.1 Å². The molecule has 0 saturated carbocycles. The smallest absolute Gasteiger partial charge is 0.410 e. The average molecular weight is 306 g/mol. The summed E-state index contributed by atoms with van der Waals surface area (Å²) in [6.45, 7) is 10.5. The summed E-state index contributed by atoms with van der Waals surface area (Å²) in [5, 5.41) is 3.44. The Labute approximate surface area is 132 Å². The normalized spacial score (nSPS) is 15.4. The monoisotopic (exact) mass is 306 g/mol. The molecule has 1 amide bonds. The van der Waals surface area contributed by atoms with Gasteiger partial charge in [0, 0.05) is 25.7 Å². The lowest BCUT2D eigenvalue weighted by Gasteiger charge is -2.40. The fourth-order valence-electron chi connectivity index (χ4n) is 2.22. The van der Waals surface area contributed by atoms with E-state index in [1.165, 1.54) is 5.56 Å². The zero-order valence-electron chi connectivity index (χ0n) is 13.9. The molecule has 0 radical (unpaired) electrons. The Bertz CT molecular complexity index is 488. The number of benzene rings is 1. The molecule has 0 bridgehead atoms. The van der Waals surface area contributed by atoms with Gasteiger partial charge >= 0.3 is 6.09 Å². The van der Waals surface area contributed by atoms with Gasteiger partial charge in [-0.2, -0.15) is 0 Å². The Morgan fingerprint density at radius 3 is 2.45 bits per heavy atom. The van der Waals surface area contributed by atoms with E-state index in [0.29, 0.717) is 25.7 Å². The fourth-order valence-corrected chi connectivity index (χ4v) is 2.22. The molecule has 5 nitrogen and oxygen atoms in total. The summed E-state index contributed by atoms with van der Waals surface area (Å²) in [4.78, 5) is 13.5. The molecule has 1 fully saturated rings. The molecule has 1 aromatic rings. The first-order valence-electron chi connectivity index (χ1n) is 7.80. The average Bonchev–Trinajstić information content (AvgIpc) is 2.37. The largest absolute Gasteiger partial charge is 0.494 e. The van der Waals surface area contributed by atoms with Gasteiger partial charge in [-0.1, -0.05) is 12.1 Å². The number of carbonyl (C=O) groups excluding carboxylic acids is 1. The molecule has 1 aromatic carbocycles. The van der Waals surface area contributed by atoms with Crippen LogP contribution in [0, 0.1) is 0 Å². The van der Waals surface area contributed by atoms with E-state index in [9.17, 15) is 4.79 Å². The summed E-state index contributed by atoms with van der Waals surface area (Å²) in [6, 6.07) is 8.41. The predicted molar refractivity (Wildman–Crippen MR) is 86.0 cm³/mol. The Morgan fingerprint density at radius 2 is 1.91 bits per heavy atom. The molecule has 0 atom stereocenters. The van der Waals surface area contributed by atoms with Crippen LogP contribution in [-0.4, -0.2) is 42.3 Å². The molecule has 0 unspecified atom stereocenters. The molecule has 0 spiro atoms. The second kappa shape index (κ2) is 7.01. The topological polar surface area (TPSA) is 50.8 Å². The third-order valence-electron chi connectivity index (χ3n) is 3.36. The number of nitrogens with zero attached hydrogens (tertiary/aromatic N) is 1. The molecule has 0 aromatic heterocycles. The summed E-state index contributed by atoms with van der Waals surface area (Å²) in [5.74, 6) is 0.894. The molecule has 0 aliphatic carbocycles. The van der Waals surface area contributed by atoms with Gasteiger partial charge in [-0.25, -0.2) is 4.79 Å². The quantitative estimate of drug-likeness (QED) is 0.909. The molecule has 1 saturated heterocycles. The molecular weight excluding hydrogens is 280 g/mol. The van der Waals surface area contributed by atoms with E-state index in [4.69, 9.17) is 9.47 Å². The number of ether oxygens (including phenoxy) is 2. The van der Waals surface area contributed by atoms with Crippen LogP contribution in [0.5, 0.6) is 5.75 Å². The minimum Gasteiger partial charge on any atom is -0.494 e. The predicted octanol–water partition coefficient (Wildman–Crippen LogP) is 2.79. The van der Waals surface area contributed by atoms with Gasteiger partial charge in [0.25, 0.3) is 0 Å². The first-order valence-corrected chi connectivity index (χ1v) is 7.80. The van der Waals surface area contributed by atoms with Gasteiger partial charge in [-0.3, -0.25) is 0 Å². The minimum absolute atomic E-state index is 0.230. The highest BCUT2D eigenvalue weighted by Crippen LogP contribution is 2.16. The molecule has 1 N–H and O–H groups in total. The standard InChI is InChI=1S/C17H26N2O3/c1-5-21-15-8-6-13(7-9-15)10-18-14-11-19(12-14)16(20)22-17(2,3)4/h6-9,14,18H,5,10-12H2,1-4H3. The van der Waals surface area contributed by atoms with Crippen molar-refractivity contribution >= 4 is 6.09 Å². The van der Waals surface area contributed by atoms with Gasteiger partial charge in [0.15, 0.2) is 0 Å². The van der Waals surface area contributed by atoms with Gasteiger partial charge in [0.05, 0.1) is 6.61 Å². The summed E-state index contributed by atoms with van der Waals surface area (Å²) < 4.78 is 10.8. The van der Waals surface area contributed by atoms with Gasteiger partial charge in [-0.15, -0.1) is 0 Å². The van der Waals surface area contributed by atoms with Gasteiger partial charge < -0.3 is 19.7 Å². The fraction of sp³-hybridized carbons (Fsp3) is 0.588. The molecular formula is C17H26N2O3. The van der Waals surface area contributed by atoms with Crippen molar-refractivity contribution in [1.82, 2.24) is 10.2 Å². The molecule has 1 aliphatic rings. The third-order valence-corrected chi connectivity index (χ3v) is 3.36. The minimum atomic E-state index is -0.433. The van der Waals surface area contributed by atoms with Crippen LogP contribution >= 0.6 is 0 Å². The van der Waals surface area contributed by atoms with Crippen molar-refractivity contribution in [1.29, 1.82) is 0 Å². The van der Waals surface area contributed by atoms with Crippen LogP contribution in [0.4, 0.5) is 4.79 Å². The number of likely N-dealkylation sites (tertiary alicyclic amines) is 1. The lowest BCUT2D eigenvalue weighted by molar-refractivity contribution is 0.00518. The highest BCUT2D eigenvalue weighted by atomic mass is 16.6. The second-order valence-corrected chi connectivity index (χ2v) is 6.54. The SMILES string of the molecule is CCOc1ccc(CNC2CN(C(=O)OC(C)(C)C)C2)cc1. The number of nitrogens with one attached hydrogen (secondary N) is 1. The van der Waals surface area contributed by atoms with Crippen molar-refractivity contribution in [2.75, 3.05) is 19.7 Å². The van der Waals surface area contributed by atoms with Gasteiger partial charge in [-0.05, 0) is 45.4 Å². The first-order chi connectivity index (χ1) is 10.4. The molecule has 5 heteroatoms. The van der Waals surface area contributed by atoms with Crippen LogP contribution in [-0.2, 0) is 11.3 Å². The maximum Gasteiger partial charge on any atom is 0.410 e. The third kappa shape index (κ3) is 4.91. The Balaban J connectivity index is 1.69.